The molecule has 0 aromatic heterocycles. The van der Waals surface area contributed by atoms with Gasteiger partial charge >= 0.3 is 5.97 Å². The lowest BCUT2D eigenvalue weighted by atomic mass is 10.2. The zero-order valence-corrected chi connectivity index (χ0v) is 17.4. The van der Waals surface area contributed by atoms with Crippen LogP contribution >= 0.6 is 11.6 Å². The summed E-state index contributed by atoms with van der Waals surface area (Å²) in [6.07, 6.45) is 1.14. The number of rotatable bonds is 6. The second-order valence-electron chi connectivity index (χ2n) is 6.64. The van der Waals surface area contributed by atoms with Gasteiger partial charge in [-0.1, -0.05) is 11.6 Å². The van der Waals surface area contributed by atoms with Gasteiger partial charge in [-0.15, -0.1) is 0 Å². The number of esters is 1. The van der Waals surface area contributed by atoms with Gasteiger partial charge in [0.05, 0.1) is 16.7 Å². The molecule has 0 fully saturated rings. The SMILES string of the molecule is O=C(N/N=C/c1cc([N+](=O)[O-])ccc1OC(=O)c1ccc2c(c1)OCO2)c1ccc(Cl)cc1. The van der Waals surface area contributed by atoms with E-state index in [1.807, 2.05) is 0 Å². The van der Waals surface area contributed by atoms with Crippen molar-refractivity contribution in [3.8, 4) is 17.2 Å². The molecule has 0 bridgehead atoms. The molecule has 33 heavy (non-hydrogen) atoms. The minimum atomic E-state index is -0.720. The Hall–Kier alpha value is -4.44. The summed E-state index contributed by atoms with van der Waals surface area (Å²) in [5.41, 5.74) is 2.66. The highest BCUT2D eigenvalue weighted by Crippen LogP contribution is 2.33. The summed E-state index contributed by atoms with van der Waals surface area (Å²) in [6, 6.07) is 14.3. The fourth-order valence-electron chi connectivity index (χ4n) is 2.85. The summed E-state index contributed by atoms with van der Waals surface area (Å²) in [5, 5.41) is 15.5. The van der Waals surface area contributed by atoms with E-state index in [1.54, 1.807) is 18.2 Å². The zero-order chi connectivity index (χ0) is 23.4. The molecule has 1 aliphatic rings. The first-order valence-electron chi connectivity index (χ1n) is 9.40. The Morgan fingerprint density at radius 2 is 1.76 bits per heavy atom. The summed E-state index contributed by atoms with van der Waals surface area (Å²) in [7, 11) is 0. The largest absolute Gasteiger partial charge is 0.454 e. The standard InChI is InChI=1S/C22H14ClN3O7/c23-16-4-1-13(2-5-16)21(27)25-24-11-15-9-17(26(29)30)6-8-18(15)33-22(28)14-3-7-19-20(10-14)32-12-31-19/h1-11H,12H2,(H,25,27)/b24-11+. The summed E-state index contributed by atoms with van der Waals surface area (Å²) >= 11 is 5.80. The molecule has 3 aromatic rings. The number of carbonyl (C=O) groups excluding carboxylic acids is 2. The average molecular weight is 468 g/mol. The van der Waals surface area contributed by atoms with Crippen molar-refractivity contribution in [1.29, 1.82) is 0 Å². The quantitative estimate of drug-likeness (QED) is 0.191. The number of carbonyl (C=O) groups is 2. The molecule has 10 nitrogen and oxygen atoms in total. The smallest absolute Gasteiger partial charge is 0.343 e. The van der Waals surface area contributed by atoms with E-state index < -0.39 is 16.8 Å². The number of halogens is 1. The minimum absolute atomic E-state index is 0.00718. The third kappa shape index (κ3) is 5.08. The Morgan fingerprint density at radius 1 is 1.03 bits per heavy atom. The summed E-state index contributed by atoms with van der Waals surface area (Å²) in [6.45, 7) is 0.0541. The first-order chi connectivity index (χ1) is 15.9. The molecular formula is C22H14ClN3O7. The highest BCUT2D eigenvalue weighted by molar-refractivity contribution is 6.30. The molecule has 4 rings (SSSR count). The van der Waals surface area contributed by atoms with Gasteiger partial charge in [0.15, 0.2) is 11.5 Å². The lowest BCUT2D eigenvalue weighted by molar-refractivity contribution is -0.384. The number of nitro groups is 1. The van der Waals surface area contributed by atoms with E-state index in [9.17, 15) is 19.7 Å². The number of nitrogens with zero attached hydrogens (tertiary/aromatic N) is 2. The Labute approximate surface area is 191 Å². The Bertz CT molecular complexity index is 1280. The van der Waals surface area contributed by atoms with E-state index in [-0.39, 0.29) is 29.4 Å². The van der Waals surface area contributed by atoms with Gasteiger partial charge in [0.1, 0.15) is 5.75 Å². The van der Waals surface area contributed by atoms with Crippen molar-refractivity contribution in [3.63, 3.8) is 0 Å². The first-order valence-corrected chi connectivity index (χ1v) is 9.78. The van der Waals surface area contributed by atoms with Crippen LogP contribution in [0.15, 0.2) is 65.8 Å². The van der Waals surface area contributed by atoms with Gasteiger partial charge in [0.2, 0.25) is 6.79 Å². The molecule has 1 amide bonds. The van der Waals surface area contributed by atoms with Crippen molar-refractivity contribution in [2.45, 2.75) is 0 Å². The third-order valence-electron chi connectivity index (χ3n) is 4.49. The van der Waals surface area contributed by atoms with Crippen molar-refractivity contribution >= 4 is 35.4 Å². The molecule has 11 heteroatoms. The van der Waals surface area contributed by atoms with Crippen LogP contribution in [0, 0.1) is 10.1 Å². The van der Waals surface area contributed by atoms with Gasteiger partial charge in [-0.3, -0.25) is 14.9 Å². The molecule has 0 atom stereocenters. The van der Waals surface area contributed by atoms with Crippen LogP contribution in [-0.4, -0.2) is 29.8 Å². The predicted octanol–water partition coefficient (Wildman–Crippen LogP) is 3.96. The minimum Gasteiger partial charge on any atom is -0.454 e. The van der Waals surface area contributed by atoms with E-state index in [0.29, 0.717) is 22.1 Å². The number of benzene rings is 3. The monoisotopic (exact) mass is 467 g/mol. The van der Waals surface area contributed by atoms with Gasteiger partial charge in [0.25, 0.3) is 11.6 Å². The molecule has 1 aliphatic heterocycles. The van der Waals surface area contributed by atoms with Crippen LogP contribution in [-0.2, 0) is 0 Å². The molecule has 0 aliphatic carbocycles. The molecule has 1 N–H and O–H groups in total. The van der Waals surface area contributed by atoms with Crippen molar-refractivity contribution in [2.75, 3.05) is 6.79 Å². The van der Waals surface area contributed by atoms with Crippen molar-refractivity contribution in [3.05, 3.63) is 92.5 Å². The van der Waals surface area contributed by atoms with Crippen LogP contribution in [0.25, 0.3) is 0 Å². The molecule has 0 saturated carbocycles. The van der Waals surface area contributed by atoms with Crippen molar-refractivity contribution < 1.29 is 28.7 Å². The first kappa shape index (κ1) is 21.8. The van der Waals surface area contributed by atoms with Crippen LogP contribution in [0.2, 0.25) is 5.02 Å². The summed E-state index contributed by atoms with van der Waals surface area (Å²) in [5.74, 6) is -0.326. The summed E-state index contributed by atoms with van der Waals surface area (Å²) in [4.78, 5) is 35.3. The van der Waals surface area contributed by atoms with Gasteiger partial charge < -0.3 is 14.2 Å². The third-order valence-corrected chi connectivity index (χ3v) is 4.74. The predicted molar refractivity (Wildman–Crippen MR) is 117 cm³/mol. The normalized spacial score (nSPS) is 11.9. The van der Waals surface area contributed by atoms with E-state index >= 15 is 0 Å². The number of hydrazone groups is 1. The number of hydrogen-bond donors (Lipinski definition) is 1. The molecule has 1 heterocycles. The second kappa shape index (κ2) is 9.37. The molecule has 3 aromatic carbocycles. The van der Waals surface area contributed by atoms with Crippen molar-refractivity contribution in [2.24, 2.45) is 5.10 Å². The Balaban J connectivity index is 1.53. The van der Waals surface area contributed by atoms with Crippen LogP contribution < -0.4 is 19.6 Å². The molecular weight excluding hydrogens is 454 g/mol. The molecule has 0 unspecified atom stereocenters. The lowest BCUT2D eigenvalue weighted by Gasteiger charge is -2.08. The zero-order valence-electron chi connectivity index (χ0n) is 16.7. The van der Waals surface area contributed by atoms with Gasteiger partial charge in [-0.2, -0.15) is 5.10 Å². The fourth-order valence-corrected chi connectivity index (χ4v) is 2.98. The topological polar surface area (TPSA) is 129 Å². The number of ether oxygens (including phenoxy) is 3. The van der Waals surface area contributed by atoms with Gasteiger partial charge in [0, 0.05) is 28.3 Å². The fraction of sp³-hybridized carbons (Fsp3) is 0.0455. The van der Waals surface area contributed by atoms with Crippen molar-refractivity contribution in [1.82, 2.24) is 5.43 Å². The molecule has 0 spiro atoms. The molecule has 0 saturated heterocycles. The van der Waals surface area contributed by atoms with E-state index in [2.05, 4.69) is 10.5 Å². The Morgan fingerprint density at radius 3 is 2.52 bits per heavy atom. The number of fused-ring (bicyclic) bond motifs is 1. The maximum atomic E-state index is 12.6. The van der Waals surface area contributed by atoms with Gasteiger partial charge in [-0.05, 0) is 48.5 Å². The van der Waals surface area contributed by atoms with E-state index in [4.69, 9.17) is 25.8 Å². The number of amides is 1. The average Bonchev–Trinajstić information content (AvgIpc) is 3.28. The van der Waals surface area contributed by atoms with Crippen LogP contribution in [0.1, 0.15) is 26.3 Å². The van der Waals surface area contributed by atoms with E-state index in [1.165, 1.54) is 42.5 Å². The number of nitrogens with one attached hydrogen (secondary N) is 1. The Kier molecular flexibility index (Phi) is 6.18. The van der Waals surface area contributed by atoms with Crippen LogP contribution in [0.4, 0.5) is 5.69 Å². The lowest BCUT2D eigenvalue weighted by Crippen LogP contribution is -2.17. The number of nitro benzene ring substituents is 1. The number of hydrogen-bond acceptors (Lipinski definition) is 8. The van der Waals surface area contributed by atoms with E-state index in [0.717, 1.165) is 6.21 Å². The van der Waals surface area contributed by atoms with Crippen LogP contribution in [0.5, 0.6) is 17.2 Å². The highest BCUT2D eigenvalue weighted by Gasteiger charge is 2.19. The summed E-state index contributed by atoms with van der Waals surface area (Å²) < 4.78 is 15.9. The van der Waals surface area contributed by atoms with Gasteiger partial charge in [-0.25, -0.2) is 10.2 Å². The maximum Gasteiger partial charge on any atom is 0.343 e. The van der Waals surface area contributed by atoms with Crippen LogP contribution in [0.3, 0.4) is 0 Å². The second-order valence-corrected chi connectivity index (χ2v) is 7.08. The molecule has 0 radical (unpaired) electrons. The number of non-ortho nitro benzene ring substituents is 1. The maximum absolute atomic E-state index is 12.6. The molecule has 166 valence electrons. The highest BCUT2D eigenvalue weighted by atomic mass is 35.5.